The van der Waals surface area contributed by atoms with Gasteiger partial charge in [-0.15, -0.1) is 0 Å². The minimum Gasteiger partial charge on any atom is -0.478 e. The molecule has 2 N–H and O–H groups in total. The highest BCUT2D eigenvalue weighted by molar-refractivity contribution is 5.94. The van der Waals surface area contributed by atoms with E-state index in [4.69, 9.17) is 10.2 Å². The number of hydrogen-bond donors (Lipinski definition) is 2. The summed E-state index contributed by atoms with van der Waals surface area (Å²) in [5.74, 6) is -1.90. The number of carboxylic acids is 2. The lowest BCUT2D eigenvalue weighted by Gasteiger charge is -2.07. The van der Waals surface area contributed by atoms with Crippen LogP contribution in [-0.4, -0.2) is 22.2 Å². The maximum atomic E-state index is 11.2. The lowest BCUT2D eigenvalue weighted by molar-refractivity contribution is 0.0685. The van der Waals surface area contributed by atoms with Crippen molar-refractivity contribution in [3.63, 3.8) is 0 Å². The van der Waals surface area contributed by atoms with Gasteiger partial charge in [0.15, 0.2) is 0 Å². The summed E-state index contributed by atoms with van der Waals surface area (Å²) in [6, 6.07) is 8.39. The highest BCUT2D eigenvalue weighted by Crippen LogP contribution is 2.39. The lowest BCUT2D eigenvalue weighted by atomic mass is 9.97. The molecule has 0 heterocycles. The van der Waals surface area contributed by atoms with Crippen molar-refractivity contribution in [2.75, 3.05) is 0 Å². The first-order valence-corrected chi connectivity index (χ1v) is 6.21. The molecule has 2 aromatic carbocycles. The fraction of sp³-hybridized carbons (Fsp3) is 0.125. The molecule has 20 heavy (non-hydrogen) atoms. The maximum absolute atomic E-state index is 11.2. The Morgan fingerprint density at radius 1 is 1.00 bits per heavy atom. The van der Waals surface area contributed by atoms with Gasteiger partial charge in [0, 0.05) is 0 Å². The van der Waals surface area contributed by atoms with E-state index in [1.165, 1.54) is 0 Å². The minimum atomic E-state index is -0.958. The van der Waals surface area contributed by atoms with Crippen molar-refractivity contribution in [1.82, 2.24) is 0 Å². The number of carboxylic acid groups (broad SMARTS) is 2. The summed E-state index contributed by atoms with van der Waals surface area (Å²) < 4.78 is 0. The van der Waals surface area contributed by atoms with Gasteiger partial charge < -0.3 is 10.2 Å². The molecule has 0 spiro atoms. The predicted octanol–water partition coefficient (Wildman–Crippen LogP) is 2.96. The zero-order valence-electron chi connectivity index (χ0n) is 10.8. The molecule has 1 aliphatic carbocycles. The Kier molecular flexibility index (Phi) is 2.61. The Morgan fingerprint density at radius 2 is 1.75 bits per heavy atom. The van der Waals surface area contributed by atoms with Gasteiger partial charge in [0.1, 0.15) is 0 Å². The number of fused-ring (bicyclic) bond motifs is 3. The number of hydrogen-bond acceptors (Lipinski definition) is 2. The summed E-state index contributed by atoms with van der Waals surface area (Å²) in [4.78, 5) is 22.2. The molecular weight excluding hydrogens is 256 g/mol. The van der Waals surface area contributed by atoms with Gasteiger partial charge in [-0.2, -0.15) is 0 Å². The summed E-state index contributed by atoms with van der Waals surface area (Å²) in [5.41, 5.74) is 5.14. The molecule has 0 bridgehead atoms. The Balaban J connectivity index is 2.20. The van der Waals surface area contributed by atoms with Crippen LogP contribution >= 0.6 is 0 Å². The molecule has 0 amide bonds. The van der Waals surface area contributed by atoms with Crippen molar-refractivity contribution in [2.45, 2.75) is 13.3 Å². The first kappa shape index (κ1) is 12.4. The average Bonchev–Trinajstić information content (AvgIpc) is 2.77. The monoisotopic (exact) mass is 268 g/mol. The van der Waals surface area contributed by atoms with Crippen LogP contribution in [0.2, 0.25) is 0 Å². The van der Waals surface area contributed by atoms with Crippen LogP contribution in [0.3, 0.4) is 0 Å². The Labute approximate surface area is 115 Å². The second kappa shape index (κ2) is 4.20. The third kappa shape index (κ3) is 1.69. The molecule has 100 valence electrons. The van der Waals surface area contributed by atoms with Gasteiger partial charge in [-0.3, -0.25) is 0 Å². The standard InChI is InChI=1S/C16H12O4/c1-8-11(16(19)20)4-5-12-13(8)6-9-2-3-10(15(17)18)7-14(9)12/h2-5,7H,6H2,1H3,(H,17,18)(H,19,20). The highest BCUT2D eigenvalue weighted by Gasteiger charge is 2.23. The van der Waals surface area contributed by atoms with E-state index in [1.54, 1.807) is 37.3 Å². The van der Waals surface area contributed by atoms with Crippen molar-refractivity contribution in [3.05, 3.63) is 58.1 Å². The summed E-state index contributed by atoms with van der Waals surface area (Å²) in [7, 11) is 0. The van der Waals surface area contributed by atoms with Crippen LogP contribution < -0.4 is 0 Å². The van der Waals surface area contributed by atoms with Crippen LogP contribution in [0.25, 0.3) is 11.1 Å². The fourth-order valence-electron chi connectivity index (χ4n) is 2.77. The van der Waals surface area contributed by atoms with E-state index in [2.05, 4.69) is 0 Å². The van der Waals surface area contributed by atoms with Crippen molar-refractivity contribution in [2.24, 2.45) is 0 Å². The fourth-order valence-corrected chi connectivity index (χ4v) is 2.77. The van der Waals surface area contributed by atoms with Crippen LogP contribution in [0.15, 0.2) is 30.3 Å². The molecule has 0 aliphatic heterocycles. The van der Waals surface area contributed by atoms with Gasteiger partial charge in [-0.25, -0.2) is 9.59 Å². The van der Waals surface area contributed by atoms with Crippen LogP contribution in [0.4, 0.5) is 0 Å². The Morgan fingerprint density at radius 3 is 2.40 bits per heavy atom. The van der Waals surface area contributed by atoms with Gasteiger partial charge in [0.05, 0.1) is 11.1 Å². The van der Waals surface area contributed by atoms with Gasteiger partial charge in [0.25, 0.3) is 0 Å². The maximum Gasteiger partial charge on any atom is 0.335 e. The first-order valence-electron chi connectivity index (χ1n) is 6.21. The molecule has 4 nitrogen and oxygen atoms in total. The summed E-state index contributed by atoms with van der Waals surface area (Å²) in [6.07, 6.45) is 0.650. The van der Waals surface area contributed by atoms with Gasteiger partial charge in [-0.1, -0.05) is 12.1 Å². The van der Waals surface area contributed by atoms with Crippen LogP contribution in [0.5, 0.6) is 0 Å². The van der Waals surface area contributed by atoms with E-state index in [0.29, 0.717) is 12.0 Å². The summed E-state index contributed by atoms with van der Waals surface area (Å²) >= 11 is 0. The van der Waals surface area contributed by atoms with Crippen molar-refractivity contribution in [3.8, 4) is 11.1 Å². The van der Waals surface area contributed by atoms with E-state index < -0.39 is 11.9 Å². The van der Waals surface area contributed by atoms with Crippen molar-refractivity contribution >= 4 is 11.9 Å². The smallest absolute Gasteiger partial charge is 0.335 e. The molecule has 0 fully saturated rings. The zero-order chi connectivity index (χ0) is 14.4. The Bertz CT molecular complexity index is 759. The average molecular weight is 268 g/mol. The van der Waals surface area contributed by atoms with E-state index >= 15 is 0 Å². The van der Waals surface area contributed by atoms with Crippen LogP contribution in [0.1, 0.15) is 37.4 Å². The molecule has 4 heteroatoms. The van der Waals surface area contributed by atoms with Crippen LogP contribution in [-0.2, 0) is 6.42 Å². The molecule has 0 atom stereocenters. The first-order chi connectivity index (χ1) is 9.49. The third-order valence-electron chi connectivity index (χ3n) is 3.84. The van der Waals surface area contributed by atoms with Gasteiger partial charge in [0.2, 0.25) is 0 Å². The molecule has 0 unspecified atom stereocenters. The molecule has 0 radical (unpaired) electrons. The van der Waals surface area contributed by atoms with Crippen molar-refractivity contribution in [1.29, 1.82) is 0 Å². The molecule has 1 aliphatic rings. The van der Waals surface area contributed by atoms with E-state index in [9.17, 15) is 9.59 Å². The zero-order valence-corrected chi connectivity index (χ0v) is 10.8. The second-order valence-electron chi connectivity index (χ2n) is 4.92. The summed E-state index contributed by atoms with van der Waals surface area (Å²) in [5, 5.41) is 18.2. The normalized spacial score (nSPS) is 11.8. The highest BCUT2D eigenvalue weighted by atomic mass is 16.4. The number of aromatic carboxylic acids is 2. The van der Waals surface area contributed by atoms with Gasteiger partial charge >= 0.3 is 11.9 Å². The quantitative estimate of drug-likeness (QED) is 0.749. The molecular formula is C16H12O4. The summed E-state index contributed by atoms with van der Waals surface area (Å²) in [6.45, 7) is 1.80. The molecule has 0 aromatic heterocycles. The van der Waals surface area contributed by atoms with E-state index in [1.807, 2.05) is 0 Å². The topological polar surface area (TPSA) is 74.6 Å². The molecule has 0 saturated heterocycles. The SMILES string of the molecule is Cc1c(C(=O)O)ccc2c1Cc1ccc(C(=O)O)cc1-2. The molecule has 3 rings (SSSR count). The second-order valence-corrected chi connectivity index (χ2v) is 4.92. The van der Waals surface area contributed by atoms with Crippen molar-refractivity contribution < 1.29 is 19.8 Å². The largest absolute Gasteiger partial charge is 0.478 e. The third-order valence-corrected chi connectivity index (χ3v) is 3.84. The molecule has 2 aromatic rings. The number of carbonyl (C=O) groups is 2. The number of benzene rings is 2. The van der Waals surface area contributed by atoms with E-state index in [-0.39, 0.29) is 5.56 Å². The number of rotatable bonds is 2. The predicted molar refractivity (Wildman–Crippen MR) is 73.3 cm³/mol. The van der Waals surface area contributed by atoms with Gasteiger partial charge in [-0.05, 0) is 59.4 Å². The minimum absolute atomic E-state index is 0.247. The lowest BCUT2D eigenvalue weighted by Crippen LogP contribution is -2.02. The van der Waals surface area contributed by atoms with Crippen LogP contribution in [0, 0.1) is 6.92 Å². The molecule has 0 saturated carbocycles. The Hall–Kier alpha value is -2.62. The van der Waals surface area contributed by atoms with E-state index in [0.717, 1.165) is 27.8 Å².